The number of sulfonamides is 1. The summed E-state index contributed by atoms with van der Waals surface area (Å²) >= 11 is 0. The van der Waals surface area contributed by atoms with Crippen molar-refractivity contribution < 1.29 is 13.2 Å². The summed E-state index contributed by atoms with van der Waals surface area (Å²) in [5.74, 6) is -0.0816. The van der Waals surface area contributed by atoms with Gasteiger partial charge in [-0.2, -0.15) is 0 Å². The first-order valence-corrected chi connectivity index (χ1v) is 6.55. The molecule has 0 rings (SSSR count). The number of carbonyl (C=O) groups is 1. The van der Waals surface area contributed by atoms with Gasteiger partial charge in [-0.1, -0.05) is 0 Å². The standard InChI is InChI=1S/C8H19N3O3S/c1-8(12)10-5-6-11-15(13,14)7-3-2-4-9/h11H,2-7,9H2,1H3,(H,10,12). The van der Waals surface area contributed by atoms with E-state index in [1.54, 1.807) is 0 Å². The first-order chi connectivity index (χ1) is 6.98. The Hall–Kier alpha value is -0.660. The third-order valence-corrected chi connectivity index (χ3v) is 3.16. The zero-order valence-corrected chi connectivity index (χ0v) is 9.77. The number of unbranched alkanes of at least 4 members (excludes halogenated alkanes) is 1. The van der Waals surface area contributed by atoms with Crippen LogP contribution >= 0.6 is 0 Å². The summed E-state index contributed by atoms with van der Waals surface area (Å²) in [6.45, 7) is 2.42. The van der Waals surface area contributed by atoms with Crippen molar-refractivity contribution >= 4 is 15.9 Å². The number of amides is 1. The maximum absolute atomic E-state index is 11.3. The Labute approximate surface area is 90.7 Å². The van der Waals surface area contributed by atoms with Gasteiger partial charge in [0.05, 0.1) is 5.75 Å². The summed E-state index contributed by atoms with van der Waals surface area (Å²) < 4.78 is 25.0. The fraction of sp³-hybridized carbons (Fsp3) is 0.875. The van der Waals surface area contributed by atoms with Crippen LogP contribution in [-0.2, 0) is 14.8 Å². The third kappa shape index (κ3) is 9.64. The van der Waals surface area contributed by atoms with Gasteiger partial charge >= 0.3 is 0 Å². The number of hydrogen-bond acceptors (Lipinski definition) is 4. The van der Waals surface area contributed by atoms with Gasteiger partial charge in [0.1, 0.15) is 0 Å². The van der Waals surface area contributed by atoms with Gasteiger partial charge < -0.3 is 11.1 Å². The topological polar surface area (TPSA) is 101 Å². The molecule has 0 fully saturated rings. The second kappa shape index (κ2) is 7.61. The molecule has 0 saturated heterocycles. The average Bonchev–Trinajstić information content (AvgIpc) is 2.13. The van der Waals surface area contributed by atoms with Gasteiger partial charge in [-0.05, 0) is 19.4 Å². The predicted molar refractivity (Wildman–Crippen MR) is 58.8 cm³/mol. The lowest BCUT2D eigenvalue weighted by molar-refractivity contribution is -0.118. The minimum Gasteiger partial charge on any atom is -0.355 e. The van der Waals surface area contributed by atoms with E-state index in [9.17, 15) is 13.2 Å². The molecule has 0 aromatic carbocycles. The van der Waals surface area contributed by atoms with E-state index >= 15 is 0 Å². The lowest BCUT2D eigenvalue weighted by atomic mass is 10.3. The van der Waals surface area contributed by atoms with Crippen molar-refractivity contribution in [2.24, 2.45) is 5.73 Å². The normalized spacial score (nSPS) is 11.3. The van der Waals surface area contributed by atoms with Crippen molar-refractivity contribution in [3.63, 3.8) is 0 Å². The molecule has 0 aromatic rings. The first-order valence-electron chi connectivity index (χ1n) is 4.90. The molecule has 0 aromatic heterocycles. The molecule has 15 heavy (non-hydrogen) atoms. The molecule has 0 aliphatic heterocycles. The van der Waals surface area contributed by atoms with Crippen molar-refractivity contribution in [1.82, 2.24) is 10.0 Å². The molecule has 0 aliphatic carbocycles. The highest BCUT2D eigenvalue weighted by Crippen LogP contribution is 1.92. The van der Waals surface area contributed by atoms with Crippen LogP contribution in [0.4, 0.5) is 0 Å². The van der Waals surface area contributed by atoms with E-state index in [0.29, 0.717) is 25.9 Å². The fourth-order valence-electron chi connectivity index (χ4n) is 0.954. The molecule has 4 N–H and O–H groups in total. The van der Waals surface area contributed by atoms with Crippen LogP contribution in [0.5, 0.6) is 0 Å². The highest BCUT2D eigenvalue weighted by Gasteiger charge is 2.08. The summed E-state index contributed by atoms with van der Waals surface area (Å²) in [6, 6.07) is 0. The van der Waals surface area contributed by atoms with Crippen LogP contribution in [-0.4, -0.2) is 39.7 Å². The molecule has 0 atom stereocenters. The molecule has 0 saturated carbocycles. The van der Waals surface area contributed by atoms with Crippen molar-refractivity contribution in [3.05, 3.63) is 0 Å². The molecule has 0 aliphatic rings. The SMILES string of the molecule is CC(=O)NCCNS(=O)(=O)CCCCN. The molecule has 0 radical (unpaired) electrons. The lowest BCUT2D eigenvalue weighted by Gasteiger charge is -2.06. The van der Waals surface area contributed by atoms with E-state index < -0.39 is 10.0 Å². The predicted octanol–water partition coefficient (Wildman–Crippen LogP) is -1.22. The number of carbonyl (C=O) groups excluding carboxylic acids is 1. The maximum Gasteiger partial charge on any atom is 0.216 e. The molecule has 7 heteroatoms. The average molecular weight is 237 g/mol. The van der Waals surface area contributed by atoms with Crippen molar-refractivity contribution in [1.29, 1.82) is 0 Å². The van der Waals surface area contributed by atoms with Gasteiger partial charge in [0, 0.05) is 20.0 Å². The lowest BCUT2D eigenvalue weighted by Crippen LogP contribution is -2.34. The molecule has 6 nitrogen and oxygen atoms in total. The Balaban J connectivity index is 3.60. The summed E-state index contributed by atoms with van der Waals surface area (Å²) in [6.07, 6.45) is 1.26. The van der Waals surface area contributed by atoms with Gasteiger partial charge in [0.2, 0.25) is 15.9 Å². The van der Waals surface area contributed by atoms with Crippen molar-refractivity contribution in [3.8, 4) is 0 Å². The van der Waals surface area contributed by atoms with Crippen molar-refractivity contribution in [2.75, 3.05) is 25.4 Å². The van der Waals surface area contributed by atoms with Gasteiger partial charge in [0.15, 0.2) is 0 Å². The van der Waals surface area contributed by atoms with Gasteiger partial charge in [0.25, 0.3) is 0 Å². The van der Waals surface area contributed by atoms with E-state index in [1.165, 1.54) is 6.92 Å². The van der Waals surface area contributed by atoms with E-state index in [0.717, 1.165) is 0 Å². The Kier molecular flexibility index (Phi) is 7.27. The maximum atomic E-state index is 11.3. The van der Waals surface area contributed by atoms with Crippen LogP contribution in [0, 0.1) is 0 Å². The van der Waals surface area contributed by atoms with E-state index in [2.05, 4.69) is 10.0 Å². The smallest absolute Gasteiger partial charge is 0.216 e. The quantitative estimate of drug-likeness (QED) is 0.461. The minimum absolute atomic E-state index is 0.0876. The Morgan fingerprint density at radius 3 is 2.47 bits per heavy atom. The molecular formula is C8H19N3O3S. The summed E-state index contributed by atoms with van der Waals surface area (Å²) in [5, 5.41) is 2.50. The fourth-order valence-corrected chi connectivity index (χ4v) is 2.10. The van der Waals surface area contributed by atoms with Gasteiger partial charge in [-0.25, -0.2) is 13.1 Å². The number of nitrogens with two attached hydrogens (primary N) is 1. The summed E-state index contributed by atoms with van der Waals surface area (Å²) in [5.41, 5.74) is 5.25. The first kappa shape index (κ1) is 14.3. The molecular weight excluding hydrogens is 218 g/mol. The van der Waals surface area contributed by atoms with Crippen molar-refractivity contribution in [2.45, 2.75) is 19.8 Å². The largest absolute Gasteiger partial charge is 0.355 e. The zero-order valence-electron chi connectivity index (χ0n) is 8.95. The van der Waals surface area contributed by atoms with Crippen LogP contribution in [0.2, 0.25) is 0 Å². The van der Waals surface area contributed by atoms with E-state index in [4.69, 9.17) is 5.73 Å². The Bertz CT molecular complexity index is 277. The third-order valence-electron chi connectivity index (χ3n) is 1.69. The second-order valence-corrected chi connectivity index (χ2v) is 5.12. The number of nitrogens with one attached hydrogen (secondary N) is 2. The minimum atomic E-state index is -3.21. The summed E-state index contributed by atoms with van der Waals surface area (Å²) in [4.78, 5) is 10.5. The Morgan fingerprint density at radius 1 is 1.27 bits per heavy atom. The monoisotopic (exact) mass is 237 g/mol. The highest BCUT2D eigenvalue weighted by atomic mass is 32.2. The molecule has 0 heterocycles. The molecule has 0 bridgehead atoms. The molecule has 1 amide bonds. The van der Waals surface area contributed by atoms with Crippen LogP contribution in [0.25, 0.3) is 0 Å². The molecule has 90 valence electrons. The van der Waals surface area contributed by atoms with Gasteiger partial charge in [-0.15, -0.1) is 0 Å². The number of hydrogen-bond donors (Lipinski definition) is 3. The van der Waals surface area contributed by atoms with Crippen LogP contribution < -0.4 is 15.8 Å². The van der Waals surface area contributed by atoms with Crippen LogP contribution in [0.15, 0.2) is 0 Å². The molecule has 0 unspecified atom stereocenters. The Morgan fingerprint density at radius 2 is 1.93 bits per heavy atom. The summed E-state index contributed by atoms with van der Waals surface area (Å²) in [7, 11) is -3.21. The molecule has 0 spiro atoms. The van der Waals surface area contributed by atoms with Crippen LogP contribution in [0.3, 0.4) is 0 Å². The zero-order chi connectivity index (χ0) is 11.7. The second-order valence-electron chi connectivity index (χ2n) is 3.19. The number of rotatable bonds is 8. The van der Waals surface area contributed by atoms with E-state index in [1.807, 2.05) is 0 Å². The van der Waals surface area contributed by atoms with Gasteiger partial charge in [-0.3, -0.25) is 4.79 Å². The van der Waals surface area contributed by atoms with Crippen LogP contribution in [0.1, 0.15) is 19.8 Å². The highest BCUT2D eigenvalue weighted by molar-refractivity contribution is 7.89. The van der Waals surface area contributed by atoms with E-state index in [-0.39, 0.29) is 18.2 Å².